The smallest absolute Gasteiger partial charge is 0.176 e. The van der Waals surface area contributed by atoms with Crippen LogP contribution in [0.3, 0.4) is 0 Å². The van der Waals surface area contributed by atoms with Gasteiger partial charge in [0, 0.05) is 27.1 Å². The molecule has 146 valence electrons. The Morgan fingerprint density at radius 2 is 0.846 bits per heavy atom. The topological polar surface area (TPSA) is 89.5 Å². The van der Waals surface area contributed by atoms with Gasteiger partial charge in [-0.3, -0.25) is 9.59 Å². The van der Waals surface area contributed by atoms with Gasteiger partial charge in [-0.15, -0.1) is 0 Å². The molecule has 1 aromatic carbocycles. The summed E-state index contributed by atoms with van der Waals surface area (Å²) in [6.45, 7) is 0.453. The van der Waals surface area contributed by atoms with Crippen molar-refractivity contribution in [2.24, 2.45) is 0 Å². The van der Waals surface area contributed by atoms with Crippen LogP contribution in [0.5, 0.6) is 23.0 Å². The van der Waals surface area contributed by atoms with E-state index in [9.17, 15) is 9.59 Å². The number of hydrogen-bond acceptors (Lipinski definition) is 8. The molecule has 0 aromatic heterocycles. The van der Waals surface area contributed by atoms with Crippen molar-refractivity contribution in [3.8, 4) is 23.0 Å². The molecule has 0 aliphatic carbocycles. The lowest BCUT2D eigenvalue weighted by Crippen LogP contribution is -2.14. The van der Waals surface area contributed by atoms with Gasteiger partial charge >= 0.3 is 0 Å². The fraction of sp³-hybridized carbons (Fsp3) is 0.556. The Kier molecular flexibility index (Phi) is 8.87. The number of ether oxygens (including phenoxy) is 6. The molecule has 0 aliphatic heterocycles. The third kappa shape index (κ3) is 4.44. The molecule has 0 radical (unpaired) electrons. The second kappa shape index (κ2) is 10.6. The van der Waals surface area contributed by atoms with Gasteiger partial charge in [0.2, 0.25) is 0 Å². The molecule has 0 atom stereocenters. The number of methoxy groups -OCH3 is 6. The van der Waals surface area contributed by atoms with Crippen LogP contribution in [0.25, 0.3) is 0 Å². The SMILES string of the molecule is COCCC(=O)c1c(OC)c(OC)c(C(=O)CCOC)c(OC)c1OC. The van der Waals surface area contributed by atoms with Gasteiger partial charge in [0.15, 0.2) is 34.6 Å². The van der Waals surface area contributed by atoms with Gasteiger partial charge in [0.1, 0.15) is 11.1 Å². The molecule has 0 bridgehead atoms. The summed E-state index contributed by atoms with van der Waals surface area (Å²) in [5.74, 6) is -0.0980. The van der Waals surface area contributed by atoms with Gasteiger partial charge in [-0.2, -0.15) is 0 Å². The number of ketones is 2. The Balaban J connectivity index is 3.73. The average molecular weight is 370 g/mol. The van der Waals surface area contributed by atoms with Crippen molar-refractivity contribution in [3.05, 3.63) is 11.1 Å². The van der Waals surface area contributed by atoms with Crippen molar-refractivity contribution in [1.82, 2.24) is 0 Å². The van der Waals surface area contributed by atoms with Crippen molar-refractivity contribution >= 4 is 11.6 Å². The molecular formula is C18H26O8. The molecular weight excluding hydrogens is 344 g/mol. The van der Waals surface area contributed by atoms with Gasteiger partial charge in [-0.25, -0.2) is 0 Å². The van der Waals surface area contributed by atoms with Crippen molar-refractivity contribution < 1.29 is 38.0 Å². The van der Waals surface area contributed by atoms with Crippen LogP contribution >= 0.6 is 0 Å². The maximum atomic E-state index is 12.7. The third-order valence-corrected chi connectivity index (χ3v) is 3.76. The Labute approximate surface area is 153 Å². The number of carbonyl (C=O) groups is 2. The van der Waals surface area contributed by atoms with Crippen molar-refractivity contribution in [2.75, 3.05) is 55.9 Å². The second-order valence-electron chi connectivity index (χ2n) is 5.21. The molecule has 0 saturated heterocycles. The summed E-state index contributed by atoms with van der Waals surface area (Å²) >= 11 is 0. The molecule has 0 heterocycles. The van der Waals surface area contributed by atoms with E-state index in [1.165, 1.54) is 42.7 Å². The van der Waals surface area contributed by atoms with E-state index in [1.807, 2.05) is 0 Å². The molecule has 0 saturated carbocycles. The fourth-order valence-corrected chi connectivity index (χ4v) is 2.59. The molecule has 0 spiro atoms. The summed E-state index contributed by atoms with van der Waals surface area (Å²) in [4.78, 5) is 25.4. The summed E-state index contributed by atoms with van der Waals surface area (Å²) in [6, 6.07) is 0. The van der Waals surface area contributed by atoms with E-state index in [4.69, 9.17) is 28.4 Å². The highest BCUT2D eigenvalue weighted by Gasteiger charge is 2.33. The van der Waals surface area contributed by atoms with E-state index >= 15 is 0 Å². The van der Waals surface area contributed by atoms with Gasteiger partial charge in [0.25, 0.3) is 0 Å². The predicted octanol–water partition coefficient (Wildman–Crippen LogP) is 2.16. The molecule has 26 heavy (non-hydrogen) atoms. The van der Waals surface area contributed by atoms with Crippen molar-refractivity contribution in [2.45, 2.75) is 12.8 Å². The summed E-state index contributed by atoms with van der Waals surface area (Å²) in [7, 11) is 8.56. The normalized spacial score (nSPS) is 10.4. The lowest BCUT2D eigenvalue weighted by Gasteiger charge is -2.22. The highest BCUT2D eigenvalue weighted by Crippen LogP contribution is 2.49. The van der Waals surface area contributed by atoms with E-state index < -0.39 is 0 Å². The first-order valence-corrected chi connectivity index (χ1v) is 7.96. The Morgan fingerprint density at radius 1 is 0.577 bits per heavy atom. The van der Waals surface area contributed by atoms with E-state index in [2.05, 4.69) is 0 Å². The summed E-state index contributed by atoms with van der Waals surface area (Å²) in [6.07, 6.45) is 0.207. The van der Waals surface area contributed by atoms with Crippen LogP contribution in [-0.2, 0) is 9.47 Å². The second-order valence-corrected chi connectivity index (χ2v) is 5.21. The van der Waals surface area contributed by atoms with E-state index in [0.29, 0.717) is 0 Å². The maximum Gasteiger partial charge on any atom is 0.176 e. The fourth-order valence-electron chi connectivity index (χ4n) is 2.59. The zero-order valence-corrected chi connectivity index (χ0v) is 16.1. The zero-order chi connectivity index (χ0) is 19.7. The van der Waals surface area contributed by atoms with E-state index in [1.54, 1.807) is 0 Å². The summed E-state index contributed by atoms with van der Waals surface area (Å²) in [5, 5.41) is 0. The molecule has 8 heteroatoms. The van der Waals surface area contributed by atoms with Gasteiger partial charge in [0.05, 0.1) is 41.7 Å². The number of benzene rings is 1. The minimum atomic E-state index is -0.284. The Bertz CT molecular complexity index is 551. The molecule has 1 aromatic rings. The van der Waals surface area contributed by atoms with Crippen molar-refractivity contribution in [1.29, 1.82) is 0 Å². The Hall–Kier alpha value is -2.32. The van der Waals surface area contributed by atoms with Gasteiger partial charge in [-0.05, 0) is 0 Å². The highest BCUT2D eigenvalue weighted by atomic mass is 16.5. The van der Waals surface area contributed by atoms with Crippen LogP contribution in [0.15, 0.2) is 0 Å². The molecule has 8 nitrogen and oxygen atoms in total. The molecule has 0 aliphatic rings. The van der Waals surface area contributed by atoms with Gasteiger partial charge in [-0.1, -0.05) is 0 Å². The number of rotatable bonds is 12. The minimum Gasteiger partial charge on any atom is -0.492 e. The van der Waals surface area contributed by atoms with Crippen molar-refractivity contribution in [3.63, 3.8) is 0 Å². The van der Waals surface area contributed by atoms with Crippen LogP contribution in [0.1, 0.15) is 33.6 Å². The Morgan fingerprint density at radius 3 is 1.04 bits per heavy atom. The quantitative estimate of drug-likeness (QED) is 0.517. The molecule has 0 unspecified atom stereocenters. The first-order valence-electron chi connectivity index (χ1n) is 7.96. The highest BCUT2D eigenvalue weighted by molar-refractivity contribution is 6.09. The van der Waals surface area contributed by atoms with Crippen LogP contribution in [0.2, 0.25) is 0 Å². The molecule has 0 N–H and O–H groups in total. The first kappa shape index (κ1) is 21.7. The summed E-state index contributed by atoms with van der Waals surface area (Å²) in [5.41, 5.74) is 0.285. The predicted molar refractivity (Wildman–Crippen MR) is 94.3 cm³/mol. The van der Waals surface area contributed by atoms with Crippen LogP contribution < -0.4 is 18.9 Å². The minimum absolute atomic E-state index is 0.104. The standard InChI is InChI=1S/C18H26O8/c1-21-9-7-11(19)13-15(23-3)17(25-5)14(12(20)8-10-22-2)18(26-6)16(13)24-4/h7-10H2,1-6H3. The van der Waals surface area contributed by atoms with E-state index in [0.717, 1.165) is 0 Å². The molecule has 0 amide bonds. The molecule has 1 rings (SSSR count). The largest absolute Gasteiger partial charge is 0.492 e. The third-order valence-electron chi connectivity index (χ3n) is 3.76. The average Bonchev–Trinajstić information content (AvgIpc) is 2.67. The van der Waals surface area contributed by atoms with Crippen LogP contribution in [0, 0.1) is 0 Å². The first-order chi connectivity index (χ1) is 12.5. The van der Waals surface area contributed by atoms with Crippen LogP contribution in [0.4, 0.5) is 0 Å². The van der Waals surface area contributed by atoms with E-state index in [-0.39, 0.29) is 71.7 Å². The monoisotopic (exact) mass is 370 g/mol. The number of carbonyl (C=O) groups excluding carboxylic acids is 2. The molecule has 0 fully saturated rings. The van der Waals surface area contributed by atoms with Crippen LogP contribution in [-0.4, -0.2) is 67.4 Å². The lowest BCUT2D eigenvalue weighted by atomic mass is 9.97. The van der Waals surface area contributed by atoms with Gasteiger partial charge < -0.3 is 28.4 Å². The maximum absolute atomic E-state index is 12.7. The zero-order valence-electron chi connectivity index (χ0n) is 16.1. The lowest BCUT2D eigenvalue weighted by molar-refractivity contribution is 0.0907. The summed E-state index contributed by atoms with van der Waals surface area (Å²) < 4.78 is 31.5. The number of hydrogen-bond donors (Lipinski definition) is 0. The number of Topliss-reactive ketones (excluding diaryl/α,β-unsaturated/α-hetero) is 2.